The van der Waals surface area contributed by atoms with Crippen LogP contribution >= 0.6 is 0 Å². The quantitative estimate of drug-likeness (QED) is 0.309. The van der Waals surface area contributed by atoms with E-state index in [4.69, 9.17) is 0 Å². The topological polar surface area (TPSA) is 79.2 Å². The Kier molecular flexibility index (Phi) is 5.82. The van der Waals surface area contributed by atoms with Gasteiger partial charge in [-0.15, -0.1) is 10.2 Å². The molecule has 2 heterocycles. The normalized spacial score (nSPS) is 12.4. The van der Waals surface area contributed by atoms with Crippen LogP contribution in [0.4, 0.5) is 0 Å². The van der Waals surface area contributed by atoms with E-state index < -0.39 is 0 Å². The van der Waals surface area contributed by atoms with Gasteiger partial charge in [0.15, 0.2) is 0 Å². The number of tetrazole rings is 1. The van der Waals surface area contributed by atoms with Crippen molar-refractivity contribution >= 4 is 23.1 Å². The lowest BCUT2D eigenvalue weighted by Gasteiger charge is -2.18. The number of rotatable bonds is 6. The number of hydrogen-bond acceptors (Lipinski definition) is 5. The fraction of sp³-hybridized carbons (Fsp3) is 0.0333. The molecular weight excluding hydrogens is 444 g/mol. The van der Waals surface area contributed by atoms with Crippen molar-refractivity contribution in [2.45, 2.75) is 6.42 Å². The van der Waals surface area contributed by atoms with Gasteiger partial charge in [-0.2, -0.15) is 15.4 Å². The predicted molar refractivity (Wildman–Crippen MR) is 144 cm³/mol. The monoisotopic (exact) mass is 466 g/mol. The van der Waals surface area contributed by atoms with E-state index in [-0.39, 0.29) is 0 Å². The molecule has 36 heavy (non-hydrogen) atoms. The molecule has 0 radical (unpaired) electrons. The van der Waals surface area contributed by atoms with Crippen molar-refractivity contribution in [1.82, 2.24) is 20.6 Å². The average Bonchev–Trinajstić information content (AvgIpc) is 3.68. The largest absolute Gasteiger partial charge is 0.204 e. The highest BCUT2D eigenvalue weighted by atomic mass is 15.5. The predicted octanol–water partition coefficient (Wildman–Crippen LogP) is 6.05. The van der Waals surface area contributed by atoms with E-state index >= 15 is 0 Å². The van der Waals surface area contributed by atoms with Gasteiger partial charge in [0.2, 0.25) is 5.82 Å². The third-order valence-electron chi connectivity index (χ3n) is 6.20. The number of aromatic amines is 1. The zero-order valence-corrected chi connectivity index (χ0v) is 19.4. The average molecular weight is 467 g/mol. The highest BCUT2D eigenvalue weighted by Gasteiger charge is 2.17. The molecule has 0 aliphatic carbocycles. The number of nitrogens with one attached hydrogen (secondary N) is 1. The van der Waals surface area contributed by atoms with E-state index in [1.54, 1.807) is 0 Å². The Morgan fingerprint density at radius 1 is 0.583 bits per heavy atom. The van der Waals surface area contributed by atoms with Gasteiger partial charge in [0, 0.05) is 18.2 Å². The summed E-state index contributed by atoms with van der Waals surface area (Å²) < 4.78 is 0. The molecule has 6 heteroatoms. The maximum atomic E-state index is 4.26. The molecule has 172 valence electrons. The van der Waals surface area contributed by atoms with Crippen molar-refractivity contribution < 1.29 is 0 Å². The Morgan fingerprint density at radius 3 is 1.58 bits per heavy atom. The van der Waals surface area contributed by atoms with Gasteiger partial charge >= 0.3 is 0 Å². The Morgan fingerprint density at radius 2 is 1.11 bits per heavy atom. The summed E-state index contributed by atoms with van der Waals surface area (Å²) in [5.74, 6) is 0.572. The second kappa shape index (κ2) is 9.72. The molecule has 5 aromatic rings. The Labute approximate surface area is 208 Å². The molecule has 0 saturated carbocycles. The van der Waals surface area contributed by atoms with Crippen LogP contribution < -0.4 is 0 Å². The van der Waals surface area contributed by atoms with Crippen molar-refractivity contribution in [3.05, 3.63) is 137 Å². The SMILES string of the molecule is C1=NN=C(c2ccc(C(=C(c3ccccc3)c3ccccc3)c3ccc(-c4nn[nH]n4)cc3)cc2)C1. The Balaban J connectivity index is 1.56. The van der Waals surface area contributed by atoms with Crippen LogP contribution in [0, 0.1) is 0 Å². The molecule has 1 aromatic heterocycles. The number of benzene rings is 4. The summed E-state index contributed by atoms with van der Waals surface area (Å²) >= 11 is 0. The van der Waals surface area contributed by atoms with Gasteiger partial charge in [-0.25, -0.2) is 0 Å². The summed E-state index contributed by atoms with van der Waals surface area (Å²) in [7, 11) is 0. The lowest BCUT2D eigenvalue weighted by Crippen LogP contribution is -2.00. The van der Waals surface area contributed by atoms with Crippen LogP contribution in [0.1, 0.15) is 34.2 Å². The van der Waals surface area contributed by atoms with Crippen LogP contribution in [0.2, 0.25) is 0 Å². The van der Waals surface area contributed by atoms with E-state index in [0.717, 1.165) is 56.7 Å². The lowest BCUT2D eigenvalue weighted by atomic mass is 9.85. The molecule has 0 saturated heterocycles. The van der Waals surface area contributed by atoms with Crippen molar-refractivity contribution in [2.24, 2.45) is 10.2 Å². The zero-order chi connectivity index (χ0) is 24.2. The van der Waals surface area contributed by atoms with E-state index in [9.17, 15) is 0 Å². The summed E-state index contributed by atoms with van der Waals surface area (Å²) in [6.07, 6.45) is 2.60. The van der Waals surface area contributed by atoms with Crippen molar-refractivity contribution in [3.8, 4) is 11.4 Å². The Hall–Kier alpha value is -4.97. The summed E-state index contributed by atoms with van der Waals surface area (Å²) in [5.41, 5.74) is 9.81. The second-order valence-electron chi connectivity index (χ2n) is 8.42. The number of aromatic nitrogens is 4. The maximum absolute atomic E-state index is 4.26. The highest BCUT2D eigenvalue weighted by Crippen LogP contribution is 2.37. The molecule has 6 nitrogen and oxygen atoms in total. The van der Waals surface area contributed by atoms with Crippen molar-refractivity contribution in [2.75, 3.05) is 0 Å². The summed E-state index contributed by atoms with van der Waals surface area (Å²) in [6.45, 7) is 0. The van der Waals surface area contributed by atoms with E-state index in [1.807, 2.05) is 30.5 Å². The highest BCUT2D eigenvalue weighted by molar-refractivity contribution is 6.10. The molecule has 0 spiro atoms. The Bertz CT molecular complexity index is 1510. The van der Waals surface area contributed by atoms with Crippen LogP contribution in [0.15, 0.2) is 119 Å². The van der Waals surface area contributed by atoms with Gasteiger partial charge in [0.25, 0.3) is 0 Å². The fourth-order valence-electron chi connectivity index (χ4n) is 4.47. The molecule has 0 bridgehead atoms. The summed E-state index contributed by atoms with van der Waals surface area (Å²) in [5, 5.41) is 22.7. The fourth-order valence-corrected chi connectivity index (χ4v) is 4.47. The molecule has 1 aliphatic rings. The summed E-state index contributed by atoms with van der Waals surface area (Å²) in [4.78, 5) is 0. The van der Waals surface area contributed by atoms with Crippen molar-refractivity contribution in [1.29, 1.82) is 0 Å². The molecular formula is C30H22N6. The first-order chi connectivity index (χ1) is 17.9. The van der Waals surface area contributed by atoms with E-state index in [2.05, 4.69) is 116 Å². The third-order valence-corrected chi connectivity index (χ3v) is 6.20. The first-order valence-electron chi connectivity index (χ1n) is 11.8. The first kappa shape index (κ1) is 21.6. The van der Waals surface area contributed by atoms with E-state index in [0.29, 0.717) is 5.82 Å². The lowest BCUT2D eigenvalue weighted by molar-refractivity contribution is 0.881. The van der Waals surface area contributed by atoms with Crippen LogP contribution in [-0.4, -0.2) is 32.6 Å². The van der Waals surface area contributed by atoms with Gasteiger partial charge in [-0.05, 0) is 44.2 Å². The van der Waals surface area contributed by atoms with Gasteiger partial charge < -0.3 is 0 Å². The standard InChI is InChI=1S/C30H22N6/c1-3-7-22(8-4-1)28(23-9-5-2-6-10-23)29(24-13-11-21(12-14-24)27-19-20-31-32-27)25-15-17-26(18-16-25)30-33-35-36-34-30/h1-18,20H,19H2,(H,33,34,35,36). The number of nitrogens with zero attached hydrogens (tertiary/aromatic N) is 5. The third kappa shape index (κ3) is 4.28. The van der Waals surface area contributed by atoms with Crippen molar-refractivity contribution in [3.63, 3.8) is 0 Å². The first-order valence-corrected chi connectivity index (χ1v) is 11.8. The number of hydrogen-bond donors (Lipinski definition) is 1. The summed E-state index contributed by atoms with van der Waals surface area (Å²) in [6, 6.07) is 38.0. The van der Waals surface area contributed by atoms with Gasteiger partial charge in [0.05, 0.1) is 5.71 Å². The number of H-pyrrole nitrogens is 1. The van der Waals surface area contributed by atoms with Crippen LogP contribution in [0.25, 0.3) is 22.5 Å². The van der Waals surface area contributed by atoms with Gasteiger partial charge in [-0.3, -0.25) is 0 Å². The molecule has 0 fully saturated rings. The molecule has 0 atom stereocenters. The van der Waals surface area contributed by atoms with Gasteiger partial charge in [-0.1, -0.05) is 109 Å². The maximum Gasteiger partial charge on any atom is 0.204 e. The van der Waals surface area contributed by atoms with Crippen LogP contribution in [-0.2, 0) is 0 Å². The minimum Gasteiger partial charge on any atom is -0.177 e. The second-order valence-corrected chi connectivity index (χ2v) is 8.42. The van der Waals surface area contributed by atoms with Crippen LogP contribution in [0.5, 0.6) is 0 Å². The molecule has 1 N–H and O–H groups in total. The molecule has 6 rings (SSSR count). The molecule has 4 aromatic carbocycles. The molecule has 0 amide bonds. The van der Waals surface area contributed by atoms with E-state index in [1.165, 1.54) is 0 Å². The minimum atomic E-state index is 0.572. The smallest absolute Gasteiger partial charge is 0.177 e. The molecule has 1 aliphatic heterocycles. The van der Waals surface area contributed by atoms with Crippen LogP contribution in [0.3, 0.4) is 0 Å². The molecule has 0 unspecified atom stereocenters. The zero-order valence-electron chi connectivity index (χ0n) is 19.4. The van der Waals surface area contributed by atoms with Gasteiger partial charge in [0.1, 0.15) is 0 Å². The minimum absolute atomic E-state index is 0.572.